The molecule has 2 saturated carbocycles. The molecule has 0 aromatic heterocycles. The molecule has 2 fully saturated rings. The molecular formula is C23H44O2. The molecule has 0 saturated heterocycles. The minimum Gasteiger partial charge on any atom is -0.390 e. The van der Waals surface area contributed by atoms with E-state index in [4.69, 9.17) is 0 Å². The van der Waals surface area contributed by atoms with Crippen LogP contribution in [0.5, 0.6) is 0 Å². The number of ketones is 1. The smallest absolute Gasteiger partial charge is 0.139 e. The second-order valence-electron chi connectivity index (χ2n) is 9.09. The molecule has 0 aliphatic heterocycles. The molecule has 148 valence electrons. The predicted molar refractivity (Wildman–Crippen MR) is 110 cm³/mol. The van der Waals surface area contributed by atoms with Crippen LogP contribution in [-0.2, 0) is 4.79 Å². The molecule has 1 N–H and O–H groups in total. The summed E-state index contributed by atoms with van der Waals surface area (Å²) in [6.45, 7) is 22.3. The first-order chi connectivity index (χ1) is 11.4. The lowest BCUT2D eigenvalue weighted by atomic mass is 9.55. The molecule has 0 heterocycles. The summed E-state index contributed by atoms with van der Waals surface area (Å²) in [4.78, 5) is 12.2. The van der Waals surface area contributed by atoms with Gasteiger partial charge in [-0.15, -0.1) is 6.58 Å². The van der Waals surface area contributed by atoms with Crippen LogP contribution in [0.15, 0.2) is 12.7 Å². The minimum atomic E-state index is -0.609. The first kappa shape index (κ1) is 24.4. The molecule has 2 unspecified atom stereocenters. The molecule has 4 atom stereocenters. The van der Waals surface area contributed by atoms with Gasteiger partial charge in [0.25, 0.3) is 0 Å². The fraction of sp³-hybridized carbons (Fsp3) is 0.870. The summed E-state index contributed by atoms with van der Waals surface area (Å²) in [7, 11) is 0. The van der Waals surface area contributed by atoms with E-state index in [-0.39, 0.29) is 16.7 Å². The van der Waals surface area contributed by atoms with Gasteiger partial charge in [0.05, 0.1) is 5.60 Å². The number of aliphatic hydroxyl groups is 1. The average Bonchev–Trinajstić information content (AvgIpc) is 2.82. The van der Waals surface area contributed by atoms with Crippen LogP contribution in [0, 0.1) is 28.6 Å². The van der Waals surface area contributed by atoms with Gasteiger partial charge >= 0.3 is 0 Å². The minimum absolute atomic E-state index is 0.000185. The van der Waals surface area contributed by atoms with E-state index in [2.05, 4.69) is 34.3 Å². The zero-order valence-electron chi connectivity index (χ0n) is 18.4. The van der Waals surface area contributed by atoms with Crippen LogP contribution in [0.3, 0.4) is 0 Å². The second-order valence-corrected chi connectivity index (χ2v) is 9.09. The quantitative estimate of drug-likeness (QED) is 0.595. The molecule has 2 heteroatoms. The standard InChI is InChI=1S/C14H24O.C7H14O.C2H6/c1-10(2)11-7-9-14(4)12(15)6-5-8-13(11,14)3;1-5-6(2)7(3,4)8;1-2/h10-11H,5-9H2,1-4H3;5-6,8H,1H2,2-4H3;1-2H3/t11?,13-,14?;6-;/m10./s1. The SMILES string of the molecule is C=C[C@H](C)C(C)(C)O.CC.CC(C)C1CCC2(C)C(=O)CCC[C@]12C. The van der Waals surface area contributed by atoms with Crippen molar-refractivity contribution in [1.82, 2.24) is 0 Å². The zero-order valence-corrected chi connectivity index (χ0v) is 18.4. The summed E-state index contributed by atoms with van der Waals surface area (Å²) in [6.07, 6.45) is 7.35. The number of hydrogen-bond acceptors (Lipinski definition) is 2. The van der Waals surface area contributed by atoms with Gasteiger partial charge in [0.2, 0.25) is 0 Å². The lowest BCUT2D eigenvalue weighted by Gasteiger charge is -2.48. The summed E-state index contributed by atoms with van der Waals surface area (Å²) in [5, 5.41) is 9.21. The Hall–Kier alpha value is -0.630. The first-order valence-electron chi connectivity index (χ1n) is 10.3. The fourth-order valence-electron chi connectivity index (χ4n) is 4.63. The molecule has 0 spiro atoms. The molecule has 0 aromatic rings. The fourth-order valence-corrected chi connectivity index (χ4v) is 4.63. The Morgan fingerprint density at radius 1 is 1.20 bits per heavy atom. The van der Waals surface area contributed by atoms with Crippen LogP contribution in [0.1, 0.15) is 94.4 Å². The van der Waals surface area contributed by atoms with Crippen molar-refractivity contribution >= 4 is 5.78 Å². The number of carbonyl (C=O) groups excluding carboxylic acids is 1. The molecule has 0 amide bonds. The number of fused-ring (bicyclic) bond motifs is 1. The Balaban J connectivity index is 0.000000493. The molecule has 0 radical (unpaired) electrons. The molecule has 2 aliphatic carbocycles. The lowest BCUT2D eigenvalue weighted by Crippen LogP contribution is -2.46. The van der Waals surface area contributed by atoms with Crippen molar-refractivity contribution in [2.45, 2.75) is 100 Å². The van der Waals surface area contributed by atoms with E-state index in [9.17, 15) is 9.90 Å². The van der Waals surface area contributed by atoms with Gasteiger partial charge in [-0.1, -0.05) is 54.5 Å². The molecule has 2 nitrogen and oxygen atoms in total. The van der Waals surface area contributed by atoms with Gasteiger partial charge in [0, 0.05) is 17.8 Å². The summed E-state index contributed by atoms with van der Waals surface area (Å²) >= 11 is 0. The Labute approximate surface area is 157 Å². The average molecular weight is 353 g/mol. The van der Waals surface area contributed by atoms with Crippen LogP contribution in [-0.4, -0.2) is 16.5 Å². The van der Waals surface area contributed by atoms with Crippen molar-refractivity contribution in [2.24, 2.45) is 28.6 Å². The molecule has 25 heavy (non-hydrogen) atoms. The predicted octanol–water partition coefficient (Wildman–Crippen LogP) is 6.42. The molecule has 2 rings (SSSR count). The van der Waals surface area contributed by atoms with Crippen molar-refractivity contribution < 1.29 is 9.90 Å². The molecule has 2 aliphatic rings. The van der Waals surface area contributed by atoms with E-state index in [1.165, 1.54) is 12.8 Å². The third-order valence-electron chi connectivity index (χ3n) is 7.02. The number of Topliss-reactive ketones (excluding diaryl/α,β-unsaturated/α-hetero) is 1. The van der Waals surface area contributed by atoms with Crippen LogP contribution in [0.25, 0.3) is 0 Å². The summed E-state index contributed by atoms with van der Waals surface area (Å²) < 4.78 is 0. The highest BCUT2D eigenvalue weighted by Gasteiger charge is 2.59. The third-order valence-corrected chi connectivity index (χ3v) is 7.02. The van der Waals surface area contributed by atoms with Crippen LogP contribution in [0.2, 0.25) is 0 Å². The summed E-state index contributed by atoms with van der Waals surface area (Å²) in [5.41, 5.74) is -0.321. The van der Waals surface area contributed by atoms with Crippen molar-refractivity contribution in [1.29, 1.82) is 0 Å². The van der Waals surface area contributed by atoms with E-state index in [0.29, 0.717) is 5.78 Å². The topological polar surface area (TPSA) is 37.3 Å². The third kappa shape index (κ3) is 5.18. The van der Waals surface area contributed by atoms with Crippen molar-refractivity contribution in [3.05, 3.63) is 12.7 Å². The van der Waals surface area contributed by atoms with E-state index in [0.717, 1.165) is 31.1 Å². The van der Waals surface area contributed by atoms with Crippen molar-refractivity contribution in [2.75, 3.05) is 0 Å². The molecule has 0 aromatic carbocycles. The Morgan fingerprint density at radius 3 is 2.08 bits per heavy atom. The largest absolute Gasteiger partial charge is 0.390 e. The maximum Gasteiger partial charge on any atom is 0.139 e. The highest BCUT2D eigenvalue weighted by Crippen LogP contribution is 2.63. The van der Waals surface area contributed by atoms with Gasteiger partial charge in [-0.3, -0.25) is 4.79 Å². The van der Waals surface area contributed by atoms with Gasteiger partial charge in [-0.05, 0) is 56.8 Å². The van der Waals surface area contributed by atoms with Gasteiger partial charge in [0.15, 0.2) is 0 Å². The Bertz CT molecular complexity index is 432. The van der Waals surface area contributed by atoms with Crippen LogP contribution < -0.4 is 0 Å². The second kappa shape index (κ2) is 9.35. The number of hydrogen-bond donors (Lipinski definition) is 1. The van der Waals surface area contributed by atoms with Gasteiger partial charge < -0.3 is 5.11 Å². The first-order valence-corrected chi connectivity index (χ1v) is 10.3. The van der Waals surface area contributed by atoms with Gasteiger partial charge in [0.1, 0.15) is 5.78 Å². The van der Waals surface area contributed by atoms with Crippen LogP contribution >= 0.6 is 0 Å². The van der Waals surface area contributed by atoms with Gasteiger partial charge in [-0.25, -0.2) is 0 Å². The molecule has 0 bridgehead atoms. The lowest BCUT2D eigenvalue weighted by molar-refractivity contribution is -0.139. The van der Waals surface area contributed by atoms with E-state index < -0.39 is 5.60 Å². The summed E-state index contributed by atoms with van der Waals surface area (Å²) in [6, 6.07) is 0. The normalized spacial score (nSPS) is 32.8. The van der Waals surface area contributed by atoms with E-state index in [1.54, 1.807) is 19.9 Å². The zero-order chi connectivity index (χ0) is 20.1. The summed E-state index contributed by atoms with van der Waals surface area (Å²) in [5.74, 6) is 2.19. The Kier molecular flexibility index (Phi) is 9.11. The van der Waals surface area contributed by atoms with Crippen LogP contribution in [0.4, 0.5) is 0 Å². The van der Waals surface area contributed by atoms with Crippen molar-refractivity contribution in [3.63, 3.8) is 0 Å². The Morgan fingerprint density at radius 2 is 1.72 bits per heavy atom. The van der Waals surface area contributed by atoms with Crippen molar-refractivity contribution in [3.8, 4) is 0 Å². The van der Waals surface area contributed by atoms with E-state index >= 15 is 0 Å². The number of rotatable bonds is 3. The molecular weight excluding hydrogens is 308 g/mol. The number of carbonyl (C=O) groups is 1. The maximum atomic E-state index is 12.2. The highest BCUT2D eigenvalue weighted by molar-refractivity contribution is 5.86. The van der Waals surface area contributed by atoms with Gasteiger partial charge in [-0.2, -0.15) is 0 Å². The van der Waals surface area contributed by atoms with E-state index in [1.807, 2.05) is 20.8 Å². The highest BCUT2D eigenvalue weighted by atomic mass is 16.3. The monoisotopic (exact) mass is 352 g/mol. The maximum absolute atomic E-state index is 12.2.